The maximum absolute atomic E-state index is 12.0. The summed E-state index contributed by atoms with van der Waals surface area (Å²) in [5, 5.41) is 8.08. The maximum Gasteiger partial charge on any atom is 0.315 e. The zero-order chi connectivity index (χ0) is 21.2. The lowest BCUT2D eigenvalue weighted by Gasteiger charge is -2.27. The molecule has 1 aliphatic heterocycles. The van der Waals surface area contributed by atoms with E-state index in [-0.39, 0.29) is 12.5 Å². The average Bonchev–Trinajstić information content (AvgIpc) is 2.78. The third-order valence-corrected chi connectivity index (χ3v) is 4.80. The average molecular weight is 412 g/mol. The molecule has 0 radical (unpaired) electrons. The summed E-state index contributed by atoms with van der Waals surface area (Å²) in [5.41, 5.74) is 1.62. The molecule has 3 amide bonds. The molecule has 0 spiro atoms. The summed E-state index contributed by atoms with van der Waals surface area (Å²) in [7, 11) is 0. The van der Waals surface area contributed by atoms with Gasteiger partial charge in [-0.25, -0.2) is 9.78 Å². The zero-order valence-electron chi connectivity index (χ0n) is 17.3. The Balaban J connectivity index is 1.39. The molecule has 1 aromatic carbocycles. The predicted molar refractivity (Wildman–Crippen MR) is 117 cm³/mol. The molecule has 1 aliphatic rings. The van der Waals surface area contributed by atoms with E-state index >= 15 is 0 Å². The molecular weight excluding hydrogens is 382 g/mol. The van der Waals surface area contributed by atoms with Gasteiger partial charge in [0.1, 0.15) is 11.6 Å². The van der Waals surface area contributed by atoms with E-state index in [2.05, 4.69) is 25.8 Å². The lowest BCUT2D eigenvalue weighted by atomic mass is 10.1. The minimum Gasteiger partial charge on any atom is -0.494 e. The number of hydrogen-bond acceptors (Lipinski definition) is 5. The van der Waals surface area contributed by atoms with Crippen LogP contribution in [0.4, 0.5) is 16.3 Å². The van der Waals surface area contributed by atoms with E-state index in [0.29, 0.717) is 18.8 Å². The van der Waals surface area contributed by atoms with E-state index in [4.69, 9.17) is 4.74 Å². The minimum absolute atomic E-state index is 0.117. The van der Waals surface area contributed by atoms with Crippen LogP contribution in [-0.2, 0) is 11.3 Å². The Hall–Kier alpha value is -3.29. The maximum atomic E-state index is 12.0. The number of piperidine rings is 1. The highest BCUT2D eigenvalue weighted by molar-refractivity contribution is 5.94. The van der Waals surface area contributed by atoms with Crippen LogP contribution in [0.5, 0.6) is 5.75 Å². The van der Waals surface area contributed by atoms with Gasteiger partial charge in [0.05, 0.1) is 13.2 Å². The fourth-order valence-electron chi connectivity index (χ4n) is 3.28. The Bertz CT molecular complexity index is 835. The SMILES string of the molecule is CCOc1ccc(NC(=O)CNC(=O)NCc2ccnc(N3CCCCC3)c2)cc1. The minimum atomic E-state index is -0.395. The first-order chi connectivity index (χ1) is 14.6. The number of amides is 3. The van der Waals surface area contributed by atoms with Crippen LogP contribution in [0.15, 0.2) is 42.6 Å². The van der Waals surface area contributed by atoms with Gasteiger partial charge in [0.2, 0.25) is 5.91 Å². The van der Waals surface area contributed by atoms with Crippen molar-refractivity contribution in [1.29, 1.82) is 0 Å². The number of benzene rings is 1. The van der Waals surface area contributed by atoms with Gasteiger partial charge in [0.25, 0.3) is 0 Å². The molecular formula is C22H29N5O3. The number of pyridine rings is 1. The number of nitrogens with zero attached hydrogens (tertiary/aromatic N) is 2. The van der Waals surface area contributed by atoms with Gasteiger partial charge in [-0.3, -0.25) is 4.79 Å². The molecule has 0 bridgehead atoms. The largest absolute Gasteiger partial charge is 0.494 e. The third kappa shape index (κ3) is 6.65. The van der Waals surface area contributed by atoms with Gasteiger partial charge in [-0.2, -0.15) is 0 Å². The number of anilines is 2. The molecule has 3 N–H and O–H groups in total. The van der Waals surface area contributed by atoms with Crippen LogP contribution >= 0.6 is 0 Å². The Morgan fingerprint density at radius 2 is 1.83 bits per heavy atom. The third-order valence-electron chi connectivity index (χ3n) is 4.80. The molecule has 2 aromatic rings. The number of rotatable bonds is 8. The summed E-state index contributed by atoms with van der Waals surface area (Å²) >= 11 is 0. The van der Waals surface area contributed by atoms with Crippen LogP contribution in [0.1, 0.15) is 31.7 Å². The quantitative estimate of drug-likeness (QED) is 0.621. The molecule has 30 heavy (non-hydrogen) atoms. The van der Waals surface area contributed by atoms with Gasteiger partial charge in [0.15, 0.2) is 0 Å². The van der Waals surface area contributed by atoms with Crippen molar-refractivity contribution < 1.29 is 14.3 Å². The highest BCUT2D eigenvalue weighted by Crippen LogP contribution is 2.18. The summed E-state index contributed by atoms with van der Waals surface area (Å²) in [6, 6.07) is 10.6. The molecule has 8 heteroatoms. The fourth-order valence-corrected chi connectivity index (χ4v) is 3.28. The monoisotopic (exact) mass is 411 g/mol. The second-order valence-corrected chi connectivity index (χ2v) is 7.11. The Morgan fingerprint density at radius 1 is 1.07 bits per heavy atom. The summed E-state index contributed by atoms with van der Waals surface area (Å²) in [5.74, 6) is 1.39. The van der Waals surface area contributed by atoms with Crippen LogP contribution in [0.3, 0.4) is 0 Å². The number of carbonyl (C=O) groups excluding carboxylic acids is 2. The first kappa shape index (κ1) is 21.4. The van der Waals surface area contributed by atoms with Gasteiger partial charge < -0.3 is 25.6 Å². The van der Waals surface area contributed by atoms with Crippen molar-refractivity contribution in [1.82, 2.24) is 15.6 Å². The lowest BCUT2D eigenvalue weighted by molar-refractivity contribution is -0.115. The van der Waals surface area contributed by atoms with E-state index in [1.807, 2.05) is 19.1 Å². The first-order valence-corrected chi connectivity index (χ1v) is 10.4. The van der Waals surface area contributed by atoms with Crippen LogP contribution in [0, 0.1) is 0 Å². The molecule has 8 nitrogen and oxygen atoms in total. The molecule has 3 rings (SSSR count). The van der Waals surface area contributed by atoms with Crippen LogP contribution in [-0.4, -0.2) is 43.2 Å². The molecule has 2 heterocycles. The van der Waals surface area contributed by atoms with E-state index in [9.17, 15) is 9.59 Å². The highest BCUT2D eigenvalue weighted by atomic mass is 16.5. The van der Waals surface area contributed by atoms with Gasteiger partial charge in [0, 0.05) is 31.5 Å². The van der Waals surface area contributed by atoms with Gasteiger partial charge >= 0.3 is 6.03 Å². The van der Waals surface area contributed by atoms with Gasteiger partial charge in [-0.1, -0.05) is 0 Å². The van der Waals surface area contributed by atoms with Gasteiger partial charge in [-0.05, 0) is 68.1 Å². The summed E-state index contributed by atoms with van der Waals surface area (Å²) < 4.78 is 5.37. The lowest BCUT2D eigenvalue weighted by Crippen LogP contribution is -2.39. The Labute approximate surface area is 177 Å². The van der Waals surface area contributed by atoms with E-state index in [1.165, 1.54) is 19.3 Å². The van der Waals surface area contributed by atoms with Crippen molar-refractivity contribution in [2.24, 2.45) is 0 Å². The van der Waals surface area contributed by atoms with Crippen molar-refractivity contribution in [2.45, 2.75) is 32.7 Å². The molecule has 0 aliphatic carbocycles. The highest BCUT2D eigenvalue weighted by Gasteiger charge is 2.12. The normalized spacial score (nSPS) is 13.4. The smallest absolute Gasteiger partial charge is 0.315 e. The van der Waals surface area contributed by atoms with E-state index in [1.54, 1.807) is 30.5 Å². The van der Waals surface area contributed by atoms with Crippen LogP contribution in [0.2, 0.25) is 0 Å². The van der Waals surface area contributed by atoms with Crippen molar-refractivity contribution >= 4 is 23.4 Å². The summed E-state index contributed by atoms with van der Waals surface area (Å²) in [4.78, 5) is 30.8. The topological polar surface area (TPSA) is 95.6 Å². The summed E-state index contributed by atoms with van der Waals surface area (Å²) in [6.07, 6.45) is 5.41. The number of nitrogens with one attached hydrogen (secondary N) is 3. The Kier molecular flexibility index (Phi) is 7.88. The number of carbonyl (C=O) groups is 2. The second kappa shape index (κ2) is 11.0. The molecule has 1 aromatic heterocycles. The zero-order valence-corrected chi connectivity index (χ0v) is 17.3. The van der Waals surface area contributed by atoms with E-state index in [0.717, 1.165) is 30.2 Å². The second-order valence-electron chi connectivity index (χ2n) is 7.11. The first-order valence-electron chi connectivity index (χ1n) is 10.4. The number of ether oxygens (including phenoxy) is 1. The van der Waals surface area contributed by atoms with Crippen molar-refractivity contribution in [3.8, 4) is 5.75 Å². The van der Waals surface area contributed by atoms with Crippen molar-refractivity contribution in [3.05, 3.63) is 48.2 Å². The number of urea groups is 1. The molecule has 0 atom stereocenters. The van der Waals surface area contributed by atoms with Crippen LogP contribution < -0.4 is 25.6 Å². The van der Waals surface area contributed by atoms with Crippen LogP contribution in [0.25, 0.3) is 0 Å². The van der Waals surface area contributed by atoms with E-state index < -0.39 is 6.03 Å². The molecule has 1 fully saturated rings. The number of hydrogen-bond donors (Lipinski definition) is 3. The Morgan fingerprint density at radius 3 is 2.57 bits per heavy atom. The standard InChI is InChI=1S/C22H29N5O3/c1-2-30-19-8-6-18(7-9-19)26-21(28)16-25-22(29)24-15-17-10-11-23-20(14-17)27-12-4-3-5-13-27/h6-11,14H,2-5,12-13,15-16H2,1H3,(H,26,28)(H2,24,25,29). The van der Waals surface area contributed by atoms with Crippen molar-refractivity contribution in [2.75, 3.05) is 36.5 Å². The van der Waals surface area contributed by atoms with Gasteiger partial charge in [-0.15, -0.1) is 0 Å². The molecule has 1 saturated heterocycles. The number of aromatic nitrogens is 1. The summed E-state index contributed by atoms with van der Waals surface area (Å²) in [6.45, 7) is 4.80. The molecule has 0 saturated carbocycles. The van der Waals surface area contributed by atoms with Crippen molar-refractivity contribution in [3.63, 3.8) is 0 Å². The molecule has 0 unspecified atom stereocenters. The molecule has 160 valence electrons. The fraction of sp³-hybridized carbons (Fsp3) is 0.409. The predicted octanol–water partition coefficient (Wildman–Crippen LogP) is 2.91.